The molecule has 0 saturated heterocycles. The molecule has 25 heavy (non-hydrogen) atoms. The summed E-state index contributed by atoms with van der Waals surface area (Å²) < 4.78 is 15.6. The van der Waals surface area contributed by atoms with Crippen molar-refractivity contribution in [3.8, 4) is 0 Å². The van der Waals surface area contributed by atoms with Crippen molar-refractivity contribution in [2.75, 3.05) is 0 Å². The first-order chi connectivity index (χ1) is 10.8. The molecule has 0 fully saturated rings. The first-order valence-corrected chi connectivity index (χ1v) is 8.50. The lowest BCUT2D eigenvalue weighted by atomic mass is 9.84. The van der Waals surface area contributed by atoms with Crippen LogP contribution in [-0.4, -0.2) is 34.7 Å². The number of ether oxygens (including phenoxy) is 3. The SMILES string of the molecule is CC(C)(C)CC(C)(C)OC(=O)C(=O)OC(C)(C)CC(=O)OC(C)(C)C. The summed E-state index contributed by atoms with van der Waals surface area (Å²) in [6.07, 6.45) is 0.426. The molecule has 0 aromatic rings. The van der Waals surface area contributed by atoms with E-state index in [0.29, 0.717) is 6.42 Å². The van der Waals surface area contributed by atoms with Gasteiger partial charge in [0.15, 0.2) is 0 Å². The predicted octanol–water partition coefficient (Wildman–Crippen LogP) is 3.80. The molecule has 0 rings (SSSR count). The average Bonchev–Trinajstić information content (AvgIpc) is 2.18. The monoisotopic (exact) mass is 358 g/mol. The molecule has 0 heterocycles. The van der Waals surface area contributed by atoms with Crippen molar-refractivity contribution < 1.29 is 28.6 Å². The molecule has 0 amide bonds. The highest BCUT2D eigenvalue weighted by atomic mass is 16.6. The Labute approximate surface area is 151 Å². The normalized spacial score (nSPS) is 13.2. The maximum Gasteiger partial charge on any atom is 0.418 e. The Hall–Kier alpha value is -1.59. The van der Waals surface area contributed by atoms with E-state index in [9.17, 15) is 14.4 Å². The van der Waals surface area contributed by atoms with Gasteiger partial charge < -0.3 is 14.2 Å². The van der Waals surface area contributed by atoms with Crippen molar-refractivity contribution >= 4 is 17.9 Å². The molecule has 6 heteroatoms. The standard InChI is InChI=1S/C19H34O6/c1-16(2,3)12-19(9,10)25-15(22)14(21)24-18(7,8)11-13(20)23-17(4,5)6/h11-12H2,1-10H3. The molecular formula is C19H34O6. The molecule has 0 aliphatic carbocycles. The summed E-state index contributed by atoms with van der Waals surface area (Å²) in [5.74, 6) is -2.69. The third-order valence-electron chi connectivity index (χ3n) is 2.85. The molecule has 0 saturated carbocycles. The minimum absolute atomic E-state index is 0.0658. The minimum atomic E-state index is -1.17. The van der Waals surface area contributed by atoms with Crippen molar-refractivity contribution in [1.29, 1.82) is 0 Å². The summed E-state index contributed by atoms with van der Waals surface area (Å²) in [5.41, 5.74) is -2.67. The number of hydrogen-bond acceptors (Lipinski definition) is 6. The molecule has 6 nitrogen and oxygen atoms in total. The van der Waals surface area contributed by atoms with Gasteiger partial charge in [-0.3, -0.25) is 4.79 Å². The van der Waals surface area contributed by atoms with Gasteiger partial charge in [0.2, 0.25) is 0 Å². The minimum Gasteiger partial charge on any atom is -0.460 e. The number of carbonyl (C=O) groups excluding carboxylic acids is 3. The smallest absolute Gasteiger partial charge is 0.418 e. The van der Waals surface area contributed by atoms with Gasteiger partial charge in [-0.2, -0.15) is 0 Å². The second kappa shape index (κ2) is 7.75. The van der Waals surface area contributed by atoms with Gasteiger partial charge in [-0.15, -0.1) is 0 Å². The lowest BCUT2D eigenvalue weighted by molar-refractivity contribution is -0.186. The van der Waals surface area contributed by atoms with Crippen LogP contribution in [0.1, 0.15) is 82.1 Å². The van der Waals surface area contributed by atoms with E-state index in [1.165, 1.54) is 0 Å². The molecule has 0 aliphatic rings. The van der Waals surface area contributed by atoms with Crippen molar-refractivity contribution in [3.63, 3.8) is 0 Å². The van der Waals surface area contributed by atoms with Gasteiger partial charge in [0.05, 0.1) is 6.42 Å². The molecule has 0 bridgehead atoms. The van der Waals surface area contributed by atoms with Crippen molar-refractivity contribution in [1.82, 2.24) is 0 Å². The second-order valence-electron chi connectivity index (χ2n) is 9.80. The maximum atomic E-state index is 12.0. The van der Waals surface area contributed by atoms with Gasteiger partial charge in [-0.05, 0) is 60.3 Å². The third kappa shape index (κ3) is 11.6. The zero-order chi connectivity index (χ0) is 20.3. The fourth-order valence-corrected chi connectivity index (χ4v) is 2.66. The third-order valence-corrected chi connectivity index (χ3v) is 2.85. The molecule has 0 atom stereocenters. The Bertz CT molecular complexity index is 503. The van der Waals surface area contributed by atoms with E-state index in [2.05, 4.69) is 0 Å². The van der Waals surface area contributed by atoms with Crippen LogP contribution >= 0.6 is 0 Å². The molecule has 0 radical (unpaired) electrons. The Morgan fingerprint density at radius 2 is 1.04 bits per heavy atom. The molecule has 0 aromatic heterocycles. The molecule has 146 valence electrons. The maximum absolute atomic E-state index is 12.0. The topological polar surface area (TPSA) is 78.9 Å². The highest BCUT2D eigenvalue weighted by Gasteiger charge is 2.36. The summed E-state index contributed by atoms with van der Waals surface area (Å²) in [7, 11) is 0. The molecule has 0 N–H and O–H groups in total. The molecule has 0 spiro atoms. The fourth-order valence-electron chi connectivity index (χ4n) is 2.66. The Kier molecular flexibility index (Phi) is 7.26. The van der Waals surface area contributed by atoms with Crippen LogP contribution in [0.4, 0.5) is 0 Å². The largest absolute Gasteiger partial charge is 0.460 e. The highest BCUT2D eigenvalue weighted by molar-refractivity contribution is 6.29. The zero-order valence-corrected chi connectivity index (χ0v) is 17.4. The summed E-state index contributed by atoms with van der Waals surface area (Å²) in [6, 6.07) is 0. The van der Waals surface area contributed by atoms with Crippen LogP contribution in [0.15, 0.2) is 0 Å². The fraction of sp³-hybridized carbons (Fsp3) is 0.842. The van der Waals surface area contributed by atoms with E-state index in [1.807, 2.05) is 20.8 Å². The molecule has 0 aromatic carbocycles. The van der Waals surface area contributed by atoms with Gasteiger partial charge in [-0.25, -0.2) is 9.59 Å². The summed E-state index contributed by atoms with van der Waals surface area (Å²) in [6.45, 7) is 17.9. The van der Waals surface area contributed by atoms with E-state index >= 15 is 0 Å². The lowest BCUT2D eigenvalue weighted by Gasteiger charge is -2.32. The highest BCUT2D eigenvalue weighted by Crippen LogP contribution is 2.29. The summed E-state index contributed by atoms with van der Waals surface area (Å²) in [5, 5.41) is 0. The van der Waals surface area contributed by atoms with E-state index in [0.717, 1.165) is 0 Å². The van der Waals surface area contributed by atoms with Crippen LogP contribution in [-0.2, 0) is 28.6 Å². The quantitative estimate of drug-likeness (QED) is 0.422. The second-order valence-corrected chi connectivity index (χ2v) is 9.80. The Balaban J connectivity index is 4.74. The van der Waals surface area contributed by atoms with Crippen LogP contribution in [0.5, 0.6) is 0 Å². The van der Waals surface area contributed by atoms with E-state index in [-0.39, 0.29) is 11.8 Å². The first-order valence-electron chi connectivity index (χ1n) is 8.50. The summed E-state index contributed by atoms with van der Waals surface area (Å²) >= 11 is 0. The first kappa shape index (κ1) is 23.4. The van der Waals surface area contributed by atoms with Crippen LogP contribution in [0.2, 0.25) is 0 Å². The zero-order valence-electron chi connectivity index (χ0n) is 17.4. The summed E-state index contributed by atoms with van der Waals surface area (Å²) in [4.78, 5) is 35.9. The van der Waals surface area contributed by atoms with Crippen LogP contribution < -0.4 is 0 Å². The van der Waals surface area contributed by atoms with E-state index < -0.39 is 34.7 Å². The van der Waals surface area contributed by atoms with Gasteiger partial charge in [-0.1, -0.05) is 20.8 Å². The number of hydrogen-bond donors (Lipinski definition) is 0. The molecule has 0 unspecified atom stereocenters. The number of rotatable bonds is 5. The lowest BCUT2D eigenvalue weighted by Crippen LogP contribution is -2.40. The number of esters is 3. The van der Waals surface area contributed by atoms with Gasteiger partial charge in [0, 0.05) is 0 Å². The van der Waals surface area contributed by atoms with Crippen LogP contribution in [0, 0.1) is 5.41 Å². The van der Waals surface area contributed by atoms with Crippen LogP contribution in [0.3, 0.4) is 0 Å². The van der Waals surface area contributed by atoms with Gasteiger partial charge in [0.1, 0.15) is 16.8 Å². The van der Waals surface area contributed by atoms with Crippen LogP contribution in [0.25, 0.3) is 0 Å². The van der Waals surface area contributed by atoms with E-state index in [4.69, 9.17) is 14.2 Å². The predicted molar refractivity (Wildman–Crippen MR) is 94.9 cm³/mol. The van der Waals surface area contributed by atoms with Crippen molar-refractivity contribution in [3.05, 3.63) is 0 Å². The average molecular weight is 358 g/mol. The van der Waals surface area contributed by atoms with Crippen molar-refractivity contribution in [2.24, 2.45) is 5.41 Å². The Morgan fingerprint density at radius 3 is 1.40 bits per heavy atom. The molecular weight excluding hydrogens is 324 g/mol. The van der Waals surface area contributed by atoms with Gasteiger partial charge in [0.25, 0.3) is 0 Å². The Morgan fingerprint density at radius 1 is 0.640 bits per heavy atom. The van der Waals surface area contributed by atoms with Gasteiger partial charge >= 0.3 is 17.9 Å². The van der Waals surface area contributed by atoms with Crippen molar-refractivity contribution in [2.45, 2.75) is 98.9 Å². The molecule has 0 aliphatic heterocycles. The number of carbonyl (C=O) groups is 3. The van der Waals surface area contributed by atoms with E-state index in [1.54, 1.807) is 48.5 Å².